The predicted molar refractivity (Wildman–Crippen MR) is 115 cm³/mol. The second-order valence-electron chi connectivity index (χ2n) is 6.72. The standard InChI is InChI=1S/C23H16F3NO4S/c1-2-30-17-8-6-16(7-9-17)27-21(28)20(32-22(27)29)13-18-10-11-19(31-18)14-4-3-5-15(12-14)23(24,25)26/h3-13H,2H2,1H3. The van der Waals surface area contributed by atoms with E-state index in [0.717, 1.165) is 28.8 Å². The van der Waals surface area contributed by atoms with E-state index in [0.29, 0.717) is 18.0 Å². The van der Waals surface area contributed by atoms with Gasteiger partial charge in [0.15, 0.2) is 0 Å². The van der Waals surface area contributed by atoms with Gasteiger partial charge in [0, 0.05) is 11.6 Å². The van der Waals surface area contributed by atoms with Gasteiger partial charge in [-0.2, -0.15) is 13.2 Å². The highest BCUT2D eigenvalue weighted by Gasteiger charge is 2.36. The van der Waals surface area contributed by atoms with Crippen molar-refractivity contribution in [2.75, 3.05) is 11.5 Å². The third-order valence-electron chi connectivity index (χ3n) is 4.57. The molecule has 32 heavy (non-hydrogen) atoms. The Hall–Kier alpha value is -3.46. The summed E-state index contributed by atoms with van der Waals surface area (Å²) in [5.41, 5.74) is -0.130. The number of benzene rings is 2. The molecule has 0 radical (unpaired) electrons. The number of hydrogen-bond acceptors (Lipinski definition) is 5. The number of imide groups is 1. The van der Waals surface area contributed by atoms with Gasteiger partial charge in [0.05, 0.1) is 22.8 Å². The number of carbonyl (C=O) groups excluding carboxylic acids is 2. The third-order valence-corrected chi connectivity index (χ3v) is 5.44. The highest BCUT2D eigenvalue weighted by Crippen LogP contribution is 2.37. The van der Waals surface area contributed by atoms with Gasteiger partial charge in [-0.3, -0.25) is 9.59 Å². The van der Waals surface area contributed by atoms with E-state index < -0.39 is 22.9 Å². The Balaban J connectivity index is 1.56. The van der Waals surface area contributed by atoms with Crippen molar-refractivity contribution >= 4 is 34.7 Å². The smallest absolute Gasteiger partial charge is 0.416 e. The number of carbonyl (C=O) groups is 2. The zero-order chi connectivity index (χ0) is 22.9. The number of thioether (sulfide) groups is 1. The van der Waals surface area contributed by atoms with Gasteiger partial charge >= 0.3 is 6.18 Å². The summed E-state index contributed by atoms with van der Waals surface area (Å²) in [7, 11) is 0. The summed E-state index contributed by atoms with van der Waals surface area (Å²) >= 11 is 0.755. The predicted octanol–water partition coefficient (Wildman–Crippen LogP) is 6.61. The van der Waals surface area contributed by atoms with Crippen LogP contribution < -0.4 is 9.64 Å². The lowest BCUT2D eigenvalue weighted by atomic mass is 10.1. The molecule has 164 valence electrons. The number of hydrogen-bond donors (Lipinski definition) is 0. The average molecular weight is 459 g/mol. The van der Waals surface area contributed by atoms with E-state index in [1.165, 1.54) is 30.3 Å². The first-order valence-corrected chi connectivity index (χ1v) is 10.4. The lowest BCUT2D eigenvalue weighted by Crippen LogP contribution is -2.27. The van der Waals surface area contributed by atoms with Crippen molar-refractivity contribution in [2.24, 2.45) is 0 Å². The molecule has 0 atom stereocenters. The van der Waals surface area contributed by atoms with Gasteiger partial charge < -0.3 is 9.15 Å². The quantitative estimate of drug-likeness (QED) is 0.402. The Morgan fingerprint density at radius 3 is 2.50 bits per heavy atom. The van der Waals surface area contributed by atoms with Crippen LogP contribution in [0.4, 0.5) is 23.7 Å². The topological polar surface area (TPSA) is 59.8 Å². The molecule has 4 rings (SSSR count). The van der Waals surface area contributed by atoms with Gasteiger partial charge in [-0.05, 0) is 67.2 Å². The summed E-state index contributed by atoms with van der Waals surface area (Å²) in [5, 5.41) is -0.463. The van der Waals surface area contributed by atoms with Gasteiger partial charge in [0.25, 0.3) is 11.1 Å². The maximum Gasteiger partial charge on any atom is 0.416 e. The van der Waals surface area contributed by atoms with Crippen molar-refractivity contribution in [2.45, 2.75) is 13.1 Å². The van der Waals surface area contributed by atoms with Gasteiger partial charge in [0.2, 0.25) is 0 Å². The molecule has 1 fully saturated rings. The van der Waals surface area contributed by atoms with Crippen molar-refractivity contribution in [3.05, 3.63) is 76.9 Å². The van der Waals surface area contributed by atoms with Gasteiger partial charge in [-0.1, -0.05) is 12.1 Å². The summed E-state index contributed by atoms with van der Waals surface area (Å²) in [4.78, 5) is 26.4. The zero-order valence-corrected chi connectivity index (χ0v) is 17.5. The highest BCUT2D eigenvalue weighted by molar-refractivity contribution is 8.19. The Kier molecular flexibility index (Phi) is 5.84. The number of nitrogens with zero attached hydrogens (tertiary/aromatic N) is 1. The minimum atomic E-state index is -4.47. The maximum absolute atomic E-state index is 13.0. The van der Waals surface area contributed by atoms with E-state index in [-0.39, 0.29) is 22.0 Å². The van der Waals surface area contributed by atoms with E-state index in [1.807, 2.05) is 6.92 Å². The lowest BCUT2D eigenvalue weighted by molar-refractivity contribution is -0.137. The van der Waals surface area contributed by atoms with Crippen molar-refractivity contribution < 1.29 is 31.9 Å². The SMILES string of the molecule is CCOc1ccc(N2C(=O)SC(=Cc3ccc(-c4cccc(C(F)(F)F)c4)o3)C2=O)cc1. The summed E-state index contributed by atoms with van der Waals surface area (Å²) in [6.45, 7) is 2.34. The van der Waals surface area contributed by atoms with Crippen LogP contribution in [0.25, 0.3) is 17.4 Å². The number of rotatable bonds is 5. The number of halogens is 3. The van der Waals surface area contributed by atoms with Gasteiger partial charge in [0.1, 0.15) is 17.3 Å². The van der Waals surface area contributed by atoms with Crippen molar-refractivity contribution in [3.8, 4) is 17.1 Å². The second kappa shape index (κ2) is 8.58. The van der Waals surface area contributed by atoms with E-state index in [4.69, 9.17) is 9.15 Å². The largest absolute Gasteiger partial charge is 0.494 e. The highest BCUT2D eigenvalue weighted by atomic mass is 32.2. The van der Waals surface area contributed by atoms with Crippen LogP contribution in [-0.4, -0.2) is 17.8 Å². The van der Waals surface area contributed by atoms with Gasteiger partial charge in [-0.15, -0.1) is 0 Å². The minimum Gasteiger partial charge on any atom is -0.494 e. The molecule has 0 spiro atoms. The normalized spacial score (nSPS) is 15.6. The van der Waals surface area contributed by atoms with Crippen LogP contribution in [0.3, 0.4) is 0 Å². The van der Waals surface area contributed by atoms with Gasteiger partial charge in [-0.25, -0.2) is 4.90 Å². The summed E-state index contributed by atoms with van der Waals surface area (Å²) < 4.78 is 49.8. The fourth-order valence-electron chi connectivity index (χ4n) is 3.11. The molecule has 0 unspecified atom stereocenters. The van der Waals surface area contributed by atoms with Crippen molar-refractivity contribution in [1.82, 2.24) is 0 Å². The van der Waals surface area contributed by atoms with E-state index in [1.54, 1.807) is 24.3 Å². The fourth-order valence-corrected chi connectivity index (χ4v) is 3.93. The van der Waals surface area contributed by atoms with Crippen LogP contribution in [0, 0.1) is 0 Å². The number of anilines is 1. The van der Waals surface area contributed by atoms with Crippen LogP contribution in [0.5, 0.6) is 5.75 Å². The third kappa shape index (κ3) is 4.43. The minimum absolute atomic E-state index is 0.147. The Morgan fingerprint density at radius 2 is 1.81 bits per heavy atom. The summed E-state index contributed by atoms with van der Waals surface area (Å²) in [6.07, 6.45) is -3.07. The zero-order valence-electron chi connectivity index (χ0n) is 16.7. The lowest BCUT2D eigenvalue weighted by Gasteiger charge is -2.13. The molecular formula is C23H16F3NO4S. The number of ether oxygens (including phenoxy) is 1. The first kappa shape index (κ1) is 21.8. The fraction of sp³-hybridized carbons (Fsp3) is 0.130. The Labute approximate surface area is 185 Å². The second-order valence-corrected chi connectivity index (χ2v) is 7.72. The van der Waals surface area contributed by atoms with Crippen LogP contribution >= 0.6 is 11.8 Å². The Morgan fingerprint density at radius 1 is 1.06 bits per heavy atom. The first-order valence-electron chi connectivity index (χ1n) is 9.54. The van der Waals surface area contributed by atoms with E-state index in [2.05, 4.69) is 0 Å². The molecule has 1 aliphatic rings. The number of furan rings is 1. The molecule has 3 aromatic rings. The molecule has 1 aliphatic heterocycles. The number of amides is 2. The van der Waals surface area contributed by atoms with Crippen LogP contribution in [0.15, 0.2) is 70.0 Å². The maximum atomic E-state index is 13.0. The molecule has 1 saturated heterocycles. The molecule has 0 bridgehead atoms. The Bertz CT molecular complexity index is 1200. The summed E-state index contributed by atoms with van der Waals surface area (Å²) in [6, 6.07) is 14.4. The van der Waals surface area contributed by atoms with Crippen LogP contribution in [0.2, 0.25) is 0 Å². The molecule has 5 nitrogen and oxygen atoms in total. The monoisotopic (exact) mass is 459 g/mol. The van der Waals surface area contributed by atoms with Crippen LogP contribution in [-0.2, 0) is 11.0 Å². The van der Waals surface area contributed by atoms with Crippen molar-refractivity contribution in [3.63, 3.8) is 0 Å². The summed E-state index contributed by atoms with van der Waals surface area (Å²) in [5.74, 6) is 0.570. The van der Waals surface area contributed by atoms with E-state index >= 15 is 0 Å². The molecular weight excluding hydrogens is 443 g/mol. The first-order chi connectivity index (χ1) is 15.3. The molecule has 0 aliphatic carbocycles. The average Bonchev–Trinajstić information content (AvgIpc) is 3.33. The number of alkyl halides is 3. The molecule has 9 heteroatoms. The van der Waals surface area contributed by atoms with Crippen molar-refractivity contribution in [1.29, 1.82) is 0 Å². The molecule has 0 N–H and O–H groups in total. The molecule has 2 amide bonds. The van der Waals surface area contributed by atoms with E-state index in [9.17, 15) is 22.8 Å². The molecule has 2 heterocycles. The molecule has 2 aromatic carbocycles. The molecule has 0 saturated carbocycles. The molecule has 1 aromatic heterocycles. The van der Waals surface area contributed by atoms with Crippen LogP contribution in [0.1, 0.15) is 18.2 Å².